The zero-order valence-electron chi connectivity index (χ0n) is 30.5. The van der Waals surface area contributed by atoms with Crippen molar-refractivity contribution in [3.05, 3.63) is 206 Å². The molecule has 12 rings (SSSR count). The third-order valence-electron chi connectivity index (χ3n) is 11.8. The minimum absolute atomic E-state index is 1.15. The fraction of sp³-hybridized carbons (Fsp3) is 0. The summed E-state index contributed by atoms with van der Waals surface area (Å²) in [5.74, 6) is 0. The molecule has 0 aliphatic carbocycles. The van der Waals surface area contributed by atoms with E-state index in [0.717, 1.165) is 11.4 Å². The summed E-state index contributed by atoms with van der Waals surface area (Å²) >= 11 is 0. The normalized spacial score (nSPS) is 11.9. The van der Waals surface area contributed by atoms with Crippen molar-refractivity contribution in [2.75, 3.05) is 0 Å². The van der Waals surface area contributed by atoms with Crippen molar-refractivity contribution < 1.29 is 0 Å². The van der Waals surface area contributed by atoms with E-state index in [4.69, 9.17) is 0 Å². The van der Waals surface area contributed by atoms with Crippen molar-refractivity contribution in [1.29, 1.82) is 0 Å². The van der Waals surface area contributed by atoms with Gasteiger partial charge in [0.15, 0.2) is 0 Å². The lowest BCUT2D eigenvalue weighted by atomic mass is 9.94. The molecule has 0 aliphatic heterocycles. The van der Waals surface area contributed by atoms with E-state index >= 15 is 0 Å². The molecule has 260 valence electrons. The third kappa shape index (κ3) is 4.50. The van der Waals surface area contributed by atoms with E-state index in [1.165, 1.54) is 98.2 Å². The first-order valence-electron chi connectivity index (χ1n) is 19.4. The number of nitrogens with zero attached hydrogens (tertiary/aromatic N) is 2. The van der Waals surface area contributed by atoms with Crippen LogP contribution in [0.1, 0.15) is 0 Å². The van der Waals surface area contributed by atoms with E-state index in [0.29, 0.717) is 0 Å². The minimum Gasteiger partial charge on any atom is -0.309 e. The fourth-order valence-electron chi connectivity index (χ4n) is 9.44. The highest BCUT2D eigenvalue weighted by molar-refractivity contribution is 6.29. The Balaban J connectivity index is 1.16. The highest BCUT2D eigenvalue weighted by Gasteiger charge is 2.21. The monoisotopic (exact) mass is 710 g/mol. The van der Waals surface area contributed by atoms with Gasteiger partial charge in [0.2, 0.25) is 0 Å². The summed E-state index contributed by atoms with van der Waals surface area (Å²) in [4.78, 5) is 0. The van der Waals surface area contributed by atoms with Gasteiger partial charge in [-0.15, -0.1) is 0 Å². The lowest BCUT2D eigenvalue weighted by Crippen LogP contribution is -1.96. The van der Waals surface area contributed by atoms with Gasteiger partial charge in [0, 0.05) is 32.9 Å². The average molecular weight is 711 g/mol. The predicted molar refractivity (Wildman–Crippen MR) is 239 cm³/mol. The molecule has 0 radical (unpaired) electrons. The highest BCUT2D eigenvalue weighted by atomic mass is 15.0. The van der Waals surface area contributed by atoms with Crippen molar-refractivity contribution in [3.63, 3.8) is 0 Å². The molecule has 0 atom stereocenters. The van der Waals surface area contributed by atoms with Crippen LogP contribution in [0.25, 0.3) is 110 Å². The van der Waals surface area contributed by atoms with Gasteiger partial charge in [-0.2, -0.15) is 0 Å². The van der Waals surface area contributed by atoms with E-state index < -0.39 is 0 Å². The summed E-state index contributed by atoms with van der Waals surface area (Å²) < 4.78 is 4.95. The molecule has 56 heavy (non-hydrogen) atoms. The zero-order valence-corrected chi connectivity index (χ0v) is 30.5. The quantitative estimate of drug-likeness (QED) is 0.161. The van der Waals surface area contributed by atoms with Gasteiger partial charge in [-0.25, -0.2) is 0 Å². The summed E-state index contributed by atoms with van der Waals surface area (Å²) in [6.07, 6.45) is 0. The molecule has 12 aromatic rings. The first-order valence-corrected chi connectivity index (χ1v) is 19.4. The Morgan fingerprint density at radius 1 is 0.214 bits per heavy atom. The Labute approximate surface area is 323 Å². The van der Waals surface area contributed by atoms with Crippen LogP contribution in [0.5, 0.6) is 0 Å². The van der Waals surface area contributed by atoms with E-state index in [1.54, 1.807) is 0 Å². The highest BCUT2D eigenvalue weighted by Crippen LogP contribution is 2.44. The number of rotatable bonds is 4. The second-order valence-corrected chi connectivity index (χ2v) is 14.9. The molecule has 0 fully saturated rings. The van der Waals surface area contributed by atoms with Crippen LogP contribution < -0.4 is 0 Å². The first-order chi connectivity index (χ1) is 27.8. The van der Waals surface area contributed by atoms with E-state index in [-0.39, 0.29) is 0 Å². The van der Waals surface area contributed by atoms with Crippen molar-refractivity contribution in [2.45, 2.75) is 0 Å². The number of hydrogen-bond acceptors (Lipinski definition) is 0. The Morgan fingerprint density at radius 3 is 1.11 bits per heavy atom. The Hall–Kier alpha value is -7.42. The minimum atomic E-state index is 1.15. The molecule has 0 aliphatic rings. The summed E-state index contributed by atoms with van der Waals surface area (Å²) in [6.45, 7) is 0. The van der Waals surface area contributed by atoms with Crippen LogP contribution in [-0.2, 0) is 0 Å². The standard InChI is InChI=1S/C54H34N2/c1-3-15-35(16-4-1)37-31-38(36-17-5-2-6-18-36)33-40(32-37)56-50-26-14-12-24-47(50)54-52(56)30-29-51-53(54)46-23-11-13-25-49(46)55(51)39-27-28-45-43-21-8-7-19-41(43)42-20-9-10-22-44(42)48(45)34-39/h1-34H. The molecule has 0 saturated heterocycles. The summed E-state index contributed by atoms with van der Waals surface area (Å²) in [7, 11) is 0. The van der Waals surface area contributed by atoms with Gasteiger partial charge in [-0.05, 0) is 109 Å². The van der Waals surface area contributed by atoms with Crippen molar-refractivity contribution >= 4 is 75.9 Å². The number of benzene rings is 10. The molecule has 10 aromatic carbocycles. The smallest absolute Gasteiger partial charge is 0.0548 e. The van der Waals surface area contributed by atoms with E-state index in [2.05, 4.69) is 215 Å². The van der Waals surface area contributed by atoms with Crippen LogP contribution in [0.2, 0.25) is 0 Å². The molecule has 2 aromatic heterocycles. The van der Waals surface area contributed by atoms with Crippen molar-refractivity contribution in [2.24, 2.45) is 0 Å². The van der Waals surface area contributed by atoms with Gasteiger partial charge in [-0.3, -0.25) is 0 Å². The van der Waals surface area contributed by atoms with E-state index in [9.17, 15) is 0 Å². The Morgan fingerprint density at radius 2 is 0.607 bits per heavy atom. The van der Waals surface area contributed by atoms with Gasteiger partial charge in [0.25, 0.3) is 0 Å². The molecule has 0 bridgehead atoms. The lowest BCUT2D eigenvalue weighted by molar-refractivity contribution is 1.17. The summed E-state index contributed by atoms with van der Waals surface area (Å²) in [5.41, 5.74) is 11.9. The van der Waals surface area contributed by atoms with Crippen LogP contribution >= 0.6 is 0 Å². The largest absolute Gasteiger partial charge is 0.309 e. The molecular weight excluding hydrogens is 677 g/mol. The topological polar surface area (TPSA) is 9.86 Å². The fourth-order valence-corrected chi connectivity index (χ4v) is 9.44. The van der Waals surface area contributed by atoms with Crippen LogP contribution in [0.4, 0.5) is 0 Å². The third-order valence-corrected chi connectivity index (χ3v) is 11.8. The Bertz CT molecular complexity index is 3420. The van der Waals surface area contributed by atoms with Gasteiger partial charge in [0.1, 0.15) is 0 Å². The lowest BCUT2D eigenvalue weighted by Gasteiger charge is -2.14. The number of hydrogen-bond donors (Lipinski definition) is 0. The zero-order chi connectivity index (χ0) is 36.7. The van der Waals surface area contributed by atoms with Gasteiger partial charge < -0.3 is 9.13 Å². The number of fused-ring (bicyclic) bond motifs is 13. The average Bonchev–Trinajstić information content (AvgIpc) is 3.80. The maximum Gasteiger partial charge on any atom is 0.0548 e. The van der Waals surface area contributed by atoms with Gasteiger partial charge in [0.05, 0.1) is 22.1 Å². The van der Waals surface area contributed by atoms with Crippen molar-refractivity contribution in [3.8, 4) is 33.6 Å². The van der Waals surface area contributed by atoms with Gasteiger partial charge >= 0.3 is 0 Å². The maximum atomic E-state index is 2.48. The van der Waals surface area contributed by atoms with Crippen molar-refractivity contribution in [1.82, 2.24) is 9.13 Å². The van der Waals surface area contributed by atoms with Crippen LogP contribution in [0.3, 0.4) is 0 Å². The molecule has 0 spiro atoms. The Kier molecular flexibility index (Phi) is 6.66. The van der Waals surface area contributed by atoms with Crippen LogP contribution in [-0.4, -0.2) is 9.13 Å². The SMILES string of the molecule is c1ccc(-c2cc(-c3ccccc3)cc(-n3c4ccccc4c4c5c6ccccc6n(-c6ccc7c8ccccc8c8ccccc8c7c6)c5ccc43)c2)cc1. The second kappa shape index (κ2) is 12.0. The predicted octanol–water partition coefficient (Wildman–Crippen LogP) is 14.7. The second-order valence-electron chi connectivity index (χ2n) is 14.9. The summed E-state index contributed by atoms with van der Waals surface area (Å²) in [5, 5.41) is 12.8. The number of aromatic nitrogens is 2. The molecule has 2 heteroatoms. The van der Waals surface area contributed by atoms with Crippen LogP contribution in [0.15, 0.2) is 206 Å². The number of para-hydroxylation sites is 2. The summed E-state index contributed by atoms with van der Waals surface area (Å²) in [6, 6.07) is 75.7. The first kappa shape index (κ1) is 31.0. The molecule has 0 N–H and O–H groups in total. The van der Waals surface area contributed by atoms with E-state index in [1.807, 2.05) is 0 Å². The van der Waals surface area contributed by atoms with Gasteiger partial charge in [-0.1, -0.05) is 152 Å². The molecule has 0 saturated carbocycles. The molecule has 2 heterocycles. The molecule has 2 nitrogen and oxygen atoms in total. The van der Waals surface area contributed by atoms with Crippen LogP contribution in [0, 0.1) is 0 Å². The maximum absolute atomic E-state index is 2.48. The molecule has 0 amide bonds. The molecular formula is C54H34N2. The molecule has 0 unspecified atom stereocenters.